The number of urea groups is 1. The van der Waals surface area contributed by atoms with Gasteiger partial charge in [-0.25, -0.2) is 27.9 Å². The molecule has 0 atom stereocenters. The van der Waals surface area contributed by atoms with Crippen LogP contribution in [0, 0.1) is 11.6 Å². The summed E-state index contributed by atoms with van der Waals surface area (Å²) in [5.74, 6) is -0.905. The average Bonchev–Trinajstić information content (AvgIpc) is 2.75. The molecule has 0 saturated carbocycles. The molecule has 3 aromatic rings. The van der Waals surface area contributed by atoms with Gasteiger partial charge in [-0.1, -0.05) is 0 Å². The highest BCUT2D eigenvalue weighted by Gasteiger charge is 2.16. The number of methoxy groups -OCH3 is 1. The zero-order chi connectivity index (χ0) is 24.7. The molecule has 0 spiro atoms. The number of nitrogens with one attached hydrogen (secondary N) is 3. The normalized spacial score (nSPS) is 11.4. The molecule has 3 rings (SSSR count). The van der Waals surface area contributed by atoms with Crippen molar-refractivity contribution in [1.29, 1.82) is 0 Å². The van der Waals surface area contributed by atoms with Crippen LogP contribution >= 0.6 is 0 Å². The van der Waals surface area contributed by atoms with Crippen LogP contribution in [-0.4, -0.2) is 48.5 Å². The number of nitrogens with zero attached hydrogens (tertiary/aromatic N) is 2. The van der Waals surface area contributed by atoms with Crippen LogP contribution in [0.1, 0.15) is 20.3 Å². The van der Waals surface area contributed by atoms with Crippen molar-refractivity contribution in [2.75, 3.05) is 37.5 Å². The number of anilines is 3. The highest BCUT2D eigenvalue weighted by molar-refractivity contribution is 5.92. The molecule has 1 aromatic heterocycles. The third-order valence-corrected chi connectivity index (χ3v) is 4.70. The minimum atomic E-state index is -1.42. The monoisotopic (exact) mass is 477 g/mol. The van der Waals surface area contributed by atoms with Crippen molar-refractivity contribution in [3.63, 3.8) is 0 Å². The van der Waals surface area contributed by atoms with Gasteiger partial charge < -0.3 is 25.4 Å². The van der Waals surface area contributed by atoms with Crippen LogP contribution in [0.3, 0.4) is 0 Å². The molecule has 0 unspecified atom stereocenters. The van der Waals surface area contributed by atoms with E-state index < -0.39 is 23.3 Å². The number of alkyl halides is 1. The van der Waals surface area contributed by atoms with Gasteiger partial charge in [-0.3, -0.25) is 0 Å². The molecule has 0 aliphatic carbocycles. The van der Waals surface area contributed by atoms with Crippen LogP contribution in [0.25, 0.3) is 10.9 Å². The lowest BCUT2D eigenvalue weighted by Gasteiger charge is -2.15. The first-order valence-electron chi connectivity index (χ1n) is 10.5. The van der Waals surface area contributed by atoms with Gasteiger partial charge in [-0.2, -0.15) is 0 Å². The predicted molar refractivity (Wildman–Crippen MR) is 123 cm³/mol. The molecule has 182 valence electrons. The van der Waals surface area contributed by atoms with Crippen molar-refractivity contribution in [3.05, 3.63) is 48.3 Å². The van der Waals surface area contributed by atoms with E-state index in [0.29, 0.717) is 17.9 Å². The van der Waals surface area contributed by atoms with E-state index in [0.717, 1.165) is 6.07 Å². The molecule has 3 N–H and O–H groups in total. The average molecular weight is 477 g/mol. The SMILES string of the molecule is COCCOc1cc(F)c2c(Nc3ccc(NC(=O)NCCC(C)(C)F)c(F)c3)ncnc2c1. The summed E-state index contributed by atoms with van der Waals surface area (Å²) in [5, 5.41) is 7.82. The molecule has 1 heterocycles. The Bertz CT molecular complexity index is 1150. The molecule has 0 aliphatic heterocycles. The van der Waals surface area contributed by atoms with Crippen LogP contribution in [0.15, 0.2) is 36.7 Å². The van der Waals surface area contributed by atoms with Gasteiger partial charge in [0.25, 0.3) is 0 Å². The van der Waals surface area contributed by atoms with E-state index in [-0.39, 0.29) is 42.2 Å². The van der Waals surface area contributed by atoms with Crippen molar-refractivity contribution in [1.82, 2.24) is 15.3 Å². The first kappa shape index (κ1) is 25.0. The minimum absolute atomic E-state index is 0.0702. The summed E-state index contributed by atoms with van der Waals surface area (Å²) in [6.45, 7) is 3.51. The van der Waals surface area contributed by atoms with Crippen molar-refractivity contribution < 1.29 is 27.4 Å². The first-order chi connectivity index (χ1) is 16.2. The second-order valence-corrected chi connectivity index (χ2v) is 8.03. The van der Waals surface area contributed by atoms with E-state index >= 15 is 0 Å². The molecule has 0 radical (unpaired) electrons. The molecule has 8 nitrogen and oxygen atoms in total. The molecule has 0 saturated heterocycles. The van der Waals surface area contributed by atoms with Crippen LogP contribution in [0.5, 0.6) is 5.75 Å². The zero-order valence-corrected chi connectivity index (χ0v) is 19.0. The molecule has 2 aromatic carbocycles. The lowest BCUT2D eigenvalue weighted by molar-refractivity contribution is 0.146. The third-order valence-electron chi connectivity index (χ3n) is 4.70. The van der Waals surface area contributed by atoms with E-state index in [1.54, 1.807) is 6.07 Å². The maximum Gasteiger partial charge on any atom is 0.319 e. The first-order valence-corrected chi connectivity index (χ1v) is 10.5. The van der Waals surface area contributed by atoms with E-state index in [1.165, 1.54) is 45.5 Å². The number of carbonyl (C=O) groups is 1. The number of carbonyl (C=O) groups excluding carboxylic acids is 1. The fourth-order valence-corrected chi connectivity index (χ4v) is 3.01. The Morgan fingerprint density at radius 1 is 1.09 bits per heavy atom. The second kappa shape index (κ2) is 11.0. The van der Waals surface area contributed by atoms with E-state index in [9.17, 15) is 18.0 Å². The number of rotatable bonds is 10. The summed E-state index contributed by atoms with van der Waals surface area (Å²) < 4.78 is 53.2. The molecule has 0 aliphatic rings. The Labute approximate surface area is 194 Å². The fraction of sp³-hybridized carbons (Fsp3) is 0.348. The van der Waals surface area contributed by atoms with E-state index in [1.807, 2.05) is 0 Å². The number of halogens is 3. The summed E-state index contributed by atoms with van der Waals surface area (Å²) in [6, 6.07) is 6.10. The Hall–Kier alpha value is -3.60. The molecule has 11 heteroatoms. The Balaban J connectivity index is 1.71. The van der Waals surface area contributed by atoms with Crippen LogP contribution in [-0.2, 0) is 4.74 Å². The topological polar surface area (TPSA) is 97.4 Å². The second-order valence-electron chi connectivity index (χ2n) is 8.03. The summed E-state index contributed by atoms with van der Waals surface area (Å²) in [7, 11) is 1.53. The smallest absolute Gasteiger partial charge is 0.319 e. The number of ether oxygens (including phenoxy) is 2. The maximum atomic E-state index is 14.8. The van der Waals surface area contributed by atoms with E-state index in [2.05, 4.69) is 25.9 Å². The molecule has 2 amide bonds. The zero-order valence-electron chi connectivity index (χ0n) is 19.0. The van der Waals surface area contributed by atoms with Gasteiger partial charge in [0.05, 0.1) is 23.2 Å². The standard InChI is InChI=1S/C23H26F3N5O3/c1-23(2,26)6-7-27-22(32)31-18-5-4-14(10-16(18)24)30-21-20-17(25)11-15(34-9-8-33-3)12-19(20)28-13-29-21/h4-5,10-13H,6-9H2,1-3H3,(H2,27,31,32)(H,28,29,30). The molecule has 34 heavy (non-hydrogen) atoms. The predicted octanol–water partition coefficient (Wildman–Crippen LogP) is 4.94. The van der Waals surface area contributed by atoms with Crippen molar-refractivity contribution in [2.45, 2.75) is 25.9 Å². The van der Waals surface area contributed by atoms with Gasteiger partial charge in [-0.05, 0) is 38.5 Å². The maximum absolute atomic E-state index is 14.8. The van der Waals surface area contributed by atoms with Crippen LogP contribution in [0.2, 0.25) is 0 Å². The lowest BCUT2D eigenvalue weighted by atomic mass is 10.1. The number of hydrogen-bond acceptors (Lipinski definition) is 6. The quantitative estimate of drug-likeness (QED) is 0.358. The Kier molecular flexibility index (Phi) is 8.11. The minimum Gasteiger partial charge on any atom is -0.491 e. The van der Waals surface area contributed by atoms with Crippen LogP contribution < -0.4 is 20.7 Å². The summed E-state index contributed by atoms with van der Waals surface area (Å²) in [5.41, 5.74) is -0.909. The number of hydrogen-bond donors (Lipinski definition) is 3. The lowest BCUT2D eigenvalue weighted by Crippen LogP contribution is -2.32. The highest BCUT2D eigenvalue weighted by atomic mass is 19.1. The number of amides is 2. The summed E-state index contributed by atoms with van der Waals surface area (Å²) >= 11 is 0. The number of benzene rings is 2. The number of aromatic nitrogens is 2. The summed E-state index contributed by atoms with van der Waals surface area (Å²) in [6.07, 6.45) is 1.37. The Morgan fingerprint density at radius 2 is 1.88 bits per heavy atom. The van der Waals surface area contributed by atoms with Gasteiger partial charge >= 0.3 is 6.03 Å². The highest BCUT2D eigenvalue weighted by Crippen LogP contribution is 2.30. The molecule has 0 fully saturated rings. The van der Waals surface area contributed by atoms with Gasteiger partial charge in [0.2, 0.25) is 0 Å². The Morgan fingerprint density at radius 3 is 2.59 bits per heavy atom. The third kappa shape index (κ3) is 6.95. The molecular weight excluding hydrogens is 451 g/mol. The fourth-order valence-electron chi connectivity index (χ4n) is 3.01. The van der Waals surface area contributed by atoms with Crippen LogP contribution in [0.4, 0.5) is 35.2 Å². The van der Waals surface area contributed by atoms with Gasteiger partial charge in [0.15, 0.2) is 0 Å². The van der Waals surface area contributed by atoms with Crippen molar-refractivity contribution in [3.8, 4) is 5.75 Å². The van der Waals surface area contributed by atoms with E-state index in [4.69, 9.17) is 9.47 Å². The van der Waals surface area contributed by atoms with Crippen molar-refractivity contribution in [2.24, 2.45) is 0 Å². The largest absolute Gasteiger partial charge is 0.491 e. The molecular formula is C23H26F3N5O3. The van der Waals surface area contributed by atoms with Gasteiger partial charge in [0.1, 0.15) is 41.8 Å². The van der Waals surface area contributed by atoms with Gasteiger partial charge in [0, 0.05) is 31.5 Å². The molecule has 0 bridgehead atoms. The summed E-state index contributed by atoms with van der Waals surface area (Å²) in [4.78, 5) is 20.1. The van der Waals surface area contributed by atoms with Gasteiger partial charge in [-0.15, -0.1) is 0 Å². The number of fused-ring (bicyclic) bond motifs is 1. The van der Waals surface area contributed by atoms with Crippen molar-refractivity contribution >= 4 is 34.1 Å².